The van der Waals surface area contributed by atoms with Crippen molar-refractivity contribution >= 4 is 11.9 Å². The average Bonchev–Trinajstić information content (AvgIpc) is 2.83. The number of nitrogens with two attached hydrogens (primary N) is 1. The van der Waals surface area contributed by atoms with E-state index in [1.165, 1.54) is 5.56 Å². The van der Waals surface area contributed by atoms with Crippen LogP contribution in [-0.4, -0.2) is 41.9 Å². The Kier molecular flexibility index (Phi) is 5.64. The highest BCUT2D eigenvalue weighted by Crippen LogP contribution is 2.18. The number of likely N-dealkylation sites (tertiary alicyclic amines) is 1. The molecule has 0 aliphatic carbocycles. The van der Waals surface area contributed by atoms with Crippen LogP contribution in [0, 0.1) is 5.92 Å². The Bertz CT molecular complexity index is 548. The zero-order valence-corrected chi connectivity index (χ0v) is 14.4. The average molecular weight is 316 g/mol. The van der Waals surface area contributed by atoms with E-state index in [9.17, 15) is 4.79 Å². The van der Waals surface area contributed by atoms with E-state index < -0.39 is 0 Å². The van der Waals surface area contributed by atoms with E-state index in [4.69, 9.17) is 5.73 Å². The lowest BCUT2D eigenvalue weighted by Gasteiger charge is -2.21. The molecular weight excluding hydrogens is 288 g/mol. The Hall–Kier alpha value is -2.04. The summed E-state index contributed by atoms with van der Waals surface area (Å²) >= 11 is 0. The van der Waals surface area contributed by atoms with Crippen molar-refractivity contribution in [2.24, 2.45) is 16.6 Å². The molecule has 1 aromatic carbocycles. The number of benzene rings is 1. The van der Waals surface area contributed by atoms with E-state index in [-0.39, 0.29) is 17.4 Å². The molecule has 1 aliphatic rings. The maximum atomic E-state index is 12.1. The number of rotatable bonds is 5. The zero-order valence-electron chi connectivity index (χ0n) is 14.4. The van der Waals surface area contributed by atoms with E-state index in [2.05, 4.69) is 22.4 Å². The van der Waals surface area contributed by atoms with Crippen LogP contribution in [0.15, 0.2) is 35.3 Å². The summed E-state index contributed by atoms with van der Waals surface area (Å²) in [5.74, 6) is 0.940. The van der Waals surface area contributed by atoms with Crippen molar-refractivity contribution in [2.45, 2.75) is 39.2 Å². The summed E-state index contributed by atoms with van der Waals surface area (Å²) in [6.07, 6.45) is 1.47. The molecule has 3 N–H and O–H groups in total. The Morgan fingerprint density at radius 1 is 1.35 bits per heavy atom. The summed E-state index contributed by atoms with van der Waals surface area (Å²) in [5.41, 5.74) is 7.05. The quantitative estimate of drug-likeness (QED) is 0.642. The van der Waals surface area contributed by atoms with Crippen LogP contribution >= 0.6 is 0 Å². The summed E-state index contributed by atoms with van der Waals surface area (Å²) in [7, 11) is 0. The second-order valence-corrected chi connectivity index (χ2v) is 7.25. The van der Waals surface area contributed by atoms with Gasteiger partial charge < -0.3 is 16.0 Å². The Balaban J connectivity index is 1.79. The monoisotopic (exact) mass is 316 g/mol. The third-order valence-electron chi connectivity index (χ3n) is 3.83. The van der Waals surface area contributed by atoms with Crippen LogP contribution in [0.5, 0.6) is 0 Å². The van der Waals surface area contributed by atoms with Gasteiger partial charge in [-0.15, -0.1) is 0 Å². The number of hydrogen-bond donors (Lipinski definition) is 2. The molecule has 5 heteroatoms. The molecule has 0 saturated carbocycles. The molecule has 0 bridgehead atoms. The lowest BCUT2D eigenvalue weighted by atomic mass is 10.1. The first kappa shape index (κ1) is 17.3. The van der Waals surface area contributed by atoms with Gasteiger partial charge in [-0.05, 0) is 32.8 Å². The molecular formula is C18H28N4O. The van der Waals surface area contributed by atoms with Crippen molar-refractivity contribution in [3.63, 3.8) is 0 Å². The highest BCUT2D eigenvalue weighted by molar-refractivity contribution is 5.80. The fraction of sp³-hybridized carbons (Fsp3) is 0.556. The van der Waals surface area contributed by atoms with Crippen LogP contribution in [0.1, 0.15) is 32.8 Å². The van der Waals surface area contributed by atoms with Gasteiger partial charge in [-0.25, -0.2) is 0 Å². The summed E-state index contributed by atoms with van der Waals surface area (Å²) < 4.78 is 0. The third-order valence-corrected chi connectivity index (χ3v) is 3.83. The van der Waals surface area contributed by atoms with Gasteiger partial charge in [-0.2, -0.15) is 0 Å². The lowest BCUT2D eigenvalue weighted by Crippen LogP contribution is -2.45. The van der Waals surface area contributed by atoms with Gasteiger partial charge in [0, 0.05) is 37.5 Å². The molecule has 1 aliphatic heterocycles. The third kappa shape index (κ3) is 5.93. The SMILES string of the molecule is CC(C)(C)NC(N)=NCC1CC(=O)N(CCc2ccccc2)C1. The first-order valence-electron chi connectivity index (χ1n) is 8.23. The van der Waals surface area contributed by atoms with Crippen molar-refractivity contribution < 1.29 is 4.79 Å². The minimum absolute atomic E-state index is 0.0964. The fourth-order valence-electron chi connectivity index (χ4n) is 2.75. The second-order valence-electron chi connectivity index (χ2n) is 7.25. The molecule has 1 amide bonds. The predicted molar refractivity (Wildman–Crippen MR) is 94.2 cm³/mol. The van der Waals surface area contributed by atoms with E-state index in [0.717, 1.165) is 19.5 Å². The number of amides is 1. The number of aliphatic imine (C=N–C) groups is 1. The van der Waals surface area contributed by atoms with Crippen LogP contribution in [0.2, 0.25) is 0 Å². The van der Waals surface area contributed by atoms with Gasteiger partial charge >= 0.3 is 0 Å². The molecule has 0 radical (unpaired) electrons. The molecule has 1 fully saturated rings. The van der Waals surface area contributed by atoms with Gasteiger partial charge in [0.1, 0.15) is 0 Å². The van der Waals surface area contributed by atoms with E-state index >= 15 is 0 Å². The number of nitrogens with one attached hydrogen (secondary N) is 1. The van der Waals surface area contributed by atoms with Crippen molar-refractivity contribution in [3.05, 3.63) is 35.9 Å². The standard InChI is InChI=1S/C18H28N4O/c1-18(2,3)21-17(19)20-12-15-11-16(23)22(13-15)10-9-14-7-5-4-6-8-14/h4-8,15H,9-13H2,1-3H3,(H3,19,20,21). The topological polar surface area (TPSA) is 70.7 Å². The Morgan fingerprint density at radius 2 is 2.04 bits per heavy atom. The maximum Gasteiger partial charge on any atom is 0.223 e. The minimum atomic E-state index is -0.0964. The lowest BCUT2D eigenvalue weighted by molar-refractivity contribution is -0.127. The Morgan fingerprint density at radius 3 is 2.70 bits per heavy atom. The summed E-state index contributed by atoms with van der Waals surface area (Å²) in [6.45, 7) is 8.28. The van der Waals surface area contributed by atoms with Crippen LogP contribution in [0.3, 0.4) is 0 Å². The summed E-state index contributed by atoms with van der Waals surface area (Å²) in [5, 5.41) is 3.14. The van der Waals surface area contributed by atoms with E-state index in [1.807, 2.05) is 43.9 Å². The van der Waals surface area contributed by atoms with Gasteiger partial charge in [-0.3, -0.25) is 9.79 Å². The molecule has 0 aromatic heterocycles. The molecule has 23 heavy (non-hydrogen) atoms. The van der Waals surface area contributed by atoms with Gasteiger partial charge in [0.2, 0.25) is 5.91 Å². The molecule has 1 unspecified atom stereocenters. The highest BCUT2D eigenvalue weighted by Gasteiger charge is 2.29. The van der Waals surface area contributed by atoms with Crippen molar-refractivity contribution in [3.8, 4) is 0 Å². The van der Waals surface area contributed by atoms with Gasteiger partial charge in [0.15, 0.2) is 5.96 Å². The van der Waals surface area contributed by atoms with Crippen molar-refractivity contribution in [2.75, 3.05) is 19.6 Å². The minimum Gasteiger partial charge on any atom is -0.370 e. The van der Waals surface area contributed by atoms with Gasteiger partial charge in [-0.1, -0.05) is 30.3 Å². The van der Waals surface area contributed by atoms with Crippen LogP contribution < -0.4 is 11.1 Å². The van der Waals surface area contributed by atoms with Gasteiger partial charge in [0.05, 0.1) is 0 Å². The molecule has 1 atom stereocenters. The number of carbonyl (C=O) groups excluding carboxylic acids is 1. The first-order chi connectivity index (χ1) is 10.8. The highest BCUT2D eigenvalue weighted by atomic mass is 16.2. The number of hydrogen-bond acceptors (Lipinski definition) is 2. The normalized spacial score (nSPS) is 19.3. The molecule has 1 heterocycles. The second kappa shape index (κ2) is 7.49. The summed E-state index contributed by atoms with van der Waals surface area (Å²) in [4.78, 5) is 18.4. The zero-order chi connectivity index (χ0) is 16.9. The molecule has 1 saturated heterocycles. The smallest absolute Gasteiger partial charge is 0.223 e. The number of carbonyl (C=O) groups is 1. The van der Waals surface area contributed by atoms with Crippen molar-refractivity contribution in [1.29, 1.82) is 0 Å². The molecule has 126 valence electrons. The van der Waals surface area contributed by atoms with Crippen LogP contribution in [0.4, 0.5) is 0 Å². The molecule has 0 spiro atoms. The molecule has 1 aromatic rings. The van der Waals surface area contributed by atoms with E-state index in [0.29, 0.717) is 18.9 Å². The number of guanidine groups is 1. The Labute approximate surface area is 139 Å². The van der Waals surface area contributed by atoms with Crippen molar-refractivity contribution in [1.82, 2.24) is 10.2 Å². The molecule has 5 nitrogen and oxygen atoms in total. The number of nitrogens with zero attached hydrogens (tertiary/aromatic N) is 2. The first-order valence-corrected chi connectivity index (χ1v) is 8.23. The summed E-state index contributed by atoms with van der Waals surface area (Å²) in [6, 6.07) is 10.3. The molecule has 2 rings (SSSR count). The van der Waals surface area contributed by atoms with E-state index in [1.54, 1.807) is 0 Å². The van der Waals surface area contributed by atoms with Crippen LogP contribution in [0.25, 0.3) is 0 Å². The largest absolute Gasteiger partial charge is 0.370 e. The van der Waals surface area contributed by atoms with Crippen LogP contribution in [-0.2, 0) is 11.2 Å². The predicted octanol–water partition coefficient (Wildman–Crippen LogP) is 1.78. The fourth-order valence-corrected chi connectivity index (χ4v) is 2.75. The van der Waals surface area contributed by atoms with Gasteiger partial charge in [0.25, 0.3) is 0 Å². The maximum absolute atomic E-state index is 12.1.